The number of ether oxygens (including phenoxy) is 1. The van der Waals surface area contributed by atoms with Crippen LogP contribution in [-0.4, -0.2) is 17.0 Å². The van der Waals surface area contributed by atoms with Gasteiger partial charge in [-0.2, -0.15) is 0 Å². The average molecular weight is 339 g/mol. The molecule has 0 bridgehead atoms. The van der Waals surface area contributed by atoms with Crippen molar-refractivity contribution in [3.05, 3.63) is 65.2 Å². The summed E-state index contributed by atoms with van der Waals surface area (Å²) in [6.07, 6.45) is 0.833. The summed E-state index contributed by atoms with van der Waals surface area (Å²) in [4.78, 5) is 23.1. The summed E-state index contributed by atoms with van der Waals surface area (Å²) in [5, 5.41) is 11.8. The van der Waals surface area contributed by atoms with Gasteiger partial charge in [0, 0.05) is 6.54 Å². The average Bonchev–Trinajstić information content (AvgIpc) is 3.41. The highest BCUT2D eigenvalue weighted by Crippen LogP contribution is 2.46. The van der Waals surface area contributed by atoms with E-state index in [9.17, 15) is 9.59 Å². The number of amides is 1. The number of nitrogens with one attached hydrogen (secondary N) is 1. The van der Waals surface area contributed by atoms with E-state index < -0.39 is 17.3 Å². The third-order valence-corrected chi connectivity index (χ3v) is 4.46. The molecule has 1 fully saturated rings. The summed E-state index contributed by atoms with van der Waals surface area (Å²) < 4.78 is 5.76. The monoisotopic (exact) mass is 339 g/mol. The van der Waals surface area contributed by atoms with Gasteiger partial charge in [-0.3, -0.25) is 9.59 Å². The fraction of sp³-hybridized carbons (Fsp3) is 0.300. The molecule has 5 heteroatoms. The summed E-state index contributed by atoms with van der Waals surface area (Å²) in [6, 6.07) is 15.6. The zero-order valence-electron chi connectivity index (χ0n) is 14.1. The molecule has 1 aliphatic carbocycles. The maximum Gasteiger partial charge on any atom is 0.319 e. The van der Waals surface area contributed by atoms with Crippen molar-refractivity contribution in [1.29, 1.82) is 0 Å². The summed E-state index contributed by atoms with van der Waals surface area (Å²) >= 11 is 0. The largest absolute Gasteiger partial charge is 0.489 e. The number of aliphatic carboxylic acids is 1. The van der Waals surface area contributed by atoms with Crippen LogP contribution >= 0.6 is 0 Å². The first-order valence-corrected chi connectivity index (χ1v) is 8.29. The van der Waals surface area contributed by atoms with Crippen molar-refractivity contribution in [2.75, 3.05) is 0 Å². The second kappa shape index (κ2) is 6.97. The third kappa shape index (κ3) is 3.99. The number of benzene rings is 2. The number of rotatable bonds is 7. The van der Waals surface area contributed by atoms with E-state index in [-0.39, 0.29) is 0 Å². The van der Waals surface area contributed by atoms with E-state index in [1.54, 1.807) is 0 Å². The quantitative estimate of drug-likeness (QED) is 0.760. The van der Waals surface area contributed by atoms with Crippen LogP contribution in [0.25, 0.3) is 0 Å². The Labute approximate surface area is 146 Å². The molecule has 0 saturated heterocycles. The van der Waals surface area contributed by atoms with Crippen LogP contribution in [0.15, 0.2) is 48.5 Å². The van der Waals surface area contributed by atoms with Crippen LogP contribution in [0.5, 0.6) is 5.75 Å². The Balaban J connectivity index is 1.50. The normalized spacial score (nSPS) is 14.6. The Bertz CT molecular complexity index is 779. The van der Waals surface area contributed by atoms with Gasteiger partial charge in [0.25, 0.3) is 0 Å². The molecule has 0 heterocycles. The van der Waals surface area contributed by atoms with Crippen molar-refractivity contribution in [3.8, 4) is 5.75 Å². The minimum absolute atomic E-state index is 0.312. The van der Waals surface area contributed by atoms with Gasteiger partial charge < -0.3 is 15.2 Å². The van der Waals surface area contributed by atoms with Crippen LogP contribution < -0.4 is 10.1 Å². The lowest BCUT2D eigenvalue weighted by molar-refractivity contribution is -0.149. The Kier molecular flexibility index (Phi) is 4.74. The van der Waals surface area contributed by atoms with E-state index in [1.165, 1.54) is 5.56 Å². The molecule has 130 valence electrons. The van der Waals surface area contributed by atoms with Crippen LogP contribution in [0.1, 0.15) is 29.5 Å². The molecule has 3 rings (SSSR count). The topological polar surface area (TPSA) is 75.6 Å². The van der Waals surface area contributed by atoms with Crippen LogP contribution in [0.4, 0.5) is 0 Å². The number of carboxylic acid groups (broad SMARTS) is 1. The summed E-state index contributed by atoms with van der Waals surface area (Å²) in [5.74, 6) is -0.689. The molecule has 0 spiro atoms. The van der Waals surface area contributed by atoms with Gasteiger partial charge >= 0.3 is 5.97 Å². The third-order valence-electron chi connectivity index (χ3n) is 4.46. The van der Waals surface area contributed by atoms with Gasteiger partial charge in [-0.1, -0.05) is 42.0 Å². The van der Waals surface area contributed by atoms with E-state index in [0.29, 0.717) is 26.0 Å². The van der Waals surface area contributed by atoms with Gasteiger partial charge in [-0.05, 0) is 43.0 Å². The lowest BCUT2D eigenvalue weighted by Gasteiger charge is -2.11. The molecular formula is C20H21NO4. The zero-order chi connectivity index (χ0) is 17.9. The van der Waals surface area contributed by atoms with E-state index in [1.807, 2.05) is 49.4 Å². The van der Waals surface area contributed by atoms with E-state index >= 15 is 0 Å². The number of carbonyl (C=O) groups is 2. The summed E-state index contributed by atoms with van der Waals surface area (Å²) in [6.45, 7) is 2.85. The van der Waals surface area contributed by atoms with Gasteiger partial charge in [0.15, 0.2) is 0 Å². The molecule has 0 radical (unpaired) electrons. The smallest absolute Gasteiger partial charge is 0.319 e. The van der Waals surface area contributed by atoms with Crippen LogP contribution in [0.2, 0.25) is 0 Å². The molecule has 0 aromatic heterocycles. The van der Waals surface area contributed by atoms with Crippen LogP contribution in [0.3, 0.4) is 0 Å². The van der Waals surface area contributed by atoms with Crippen LogP contribution in [-0.2, 0) is 22.7 Å². The highest BCUT2D eigenvalue weighted by molar-refractivity contribution is 6.04. The van der Waals surface area contributed by atoms with Gasteiger partial charge in [0.05, 0.1) is 0 Å². The van der Waals surface area contributed by atoms with Crippen molar-refractivity contribution >= 4 is 11.9 Å². The number of hydrogen-bond acceptors (Lipinski definition) is 3. The predicted octanol–water partition coefficient (Wildman–Crippen LogP) is 3.06. The fourth-order valence-electron chi connectivity index (χ4n) is 2.69. The van der Waals surface area contributed by atoms with Crippen molar-refractivity contribution in [2.45, 2.75) is 32.9 Å². The number of hydrogen-bond donors (Lipinski definition) is 2. The number of carboxylic acids is 1. The molecule has 0 aliphatic heterocycles. The van der Waals surface area contributed by atoms with Crippen molar-refractivity contribution in [2.24, 2.45) is 5.41 Å². The van der Waals surface area contributed by atoms with E-state index in [0.717, 1.165) is 16.9 Å². The maximum absolute atomic E-state index is 12.0. The summed E-state index contributed by atoms with van der Waals surface area (Å²) in [5.41, 5.74) is 2.01. The van der Waals surface area contributed by atoms with Gasteiger partial charge in [0.2, 0.25) is 5.91 Å². The molecule has 0 unspecified atom stereocenters. The zero-order valence-corrected chi connectivity index (χ0v) is 14.1. The molecule has 2 aromatic rings. The minimum Gasteiger partial charge on any atom is -0.489 e. The highest BCUT2D eigenvalue weighted by Gasteiger charge is 2.56. The lowest BCUT2D eigenvalue weighted by Crippen LogP contribution is -2.36. The first kappa shape index (κ1) is 17.0. The second-order valence-electron chi connectivity index (χ2n) is 6.49. The molecule has 1 saturated carbocycles. The molecule has 25 heavy (non-hydrogen) atoms. The molecule has 1 amide bonds. The van der Waals surface area contributed by atoms with Crippen molar-refractivity contribution < 1.29 is 19.4 Å². The van der Waals surface area contributed by atoms with Gasteiger partial charge in [0.1, 0.15) is 17.8 Å². The molecule has 1 aliphatic rings. The molecule has 0 atom stereocenters. The van der Waals surface area contributed by atoms with Crippen molar-refractivity contribution in [1.82, 2.24) is 5.32 Å². The predicted molar refractivity (Wildman–Crippen MR) is 93.1 cm³/mol. The highest BCUT2D eigenvalue weighted by atomic mass is 16.5. The Hall–Kier alpha value is -2.82. The molecule has 5 nitrogen and oxygen atoms in total. The van der Waals surface area contributed by atoms with E-state index in [4.69, 9.17) is 9.84 Å². The lowest BCUT2D eigenvalue weighted by atomic mass is 10.1. The Morgan fingerprint density at radius 3 is 2.44 bits per heavy atom. The maximum atomic E-state index is 12.0. The molecule has 2 aromatic carbocycles. The van der Waals surface area contributed by atoms with Gasteiger partial charge in [-0.25, -0.2) is 0 Å². The fourth-order valence-corrected chi connectivity index (χ4v) is 2.69. The standard InChI is InChI=1S/C20H21NO4/c1-14-3-2-4-16(11-14)13-25-17-7-5-15(6-8-17)12-21-18(22)20(9-10-20)19(23)24/h2-8,11H,9-10,12-13H2,1H3,(H,21,22)(H,23,24). The number of aryl methyl sites for hydroxylation is 1. The molecule has 2 N–H and O–H groups in total. The van der Waals surface area contributed by atoms with Crippen LogP contribution in [0, 0.1) is 12.3 Å². The SMILES string of the molecule is Cc1cccc(COc2ccc(CNC(=O)C3(C(=O)O)CC3)cc2)c1. The summed E-state index contributed by atoms with van der Waals surface area (Å²) in [7, 11) is 0. The Morgan fingerprint density at radius 1 is 1.12 bits per heavy atom. The van der Waals surface area contributed by atoms with Crippen molar-refractivity contribution in [3.63, 3.8) is 0 Å². The Morgan fingerprint density at radius 2 is 1.84 bits per heavy atom. The second-order valence-corrected chi connectivity index (χ2v) is 6.49. The number of carbonyl (C=O) groups excluding carboxylic acids is 1. The van der Waals surface area contributed by atoms with Gasteiger partial charge in [-0.15, -0.1) is 0 Å². The minimum atomic E-state index is -1.20. The van der Waals surface area contributed by atoms with E-state index in [2.05, 4.69) is 11.4 Å². The first-order valence-electron chi connectivity index (χ1n) is 8.29. The first-order chi connectivity index (χ1) is 12.0. The molecular weight excluding hydrogens is 318 g/mol.